The van der Waals surface area contributed by atoms with Crippen molar-refractivity contribution in [1.29, 1.82) is 0 Å². The van der Waals surface area contributed by atoms with E-state index in [1.807, 2.05) is 11.0 Å². The molecule has 1 fully saturated rings. The van der Waals surface area contributed by atoms with Crippen LogP contribution in [-0.2, 0) is 4.79 Å². The Bertz CT molecular complexity index is 919. The van der Waals surface area contributed by atoms with Crippen LogP contribution in [0.15, 0.2) is 42.7 Å². The van der Waals surface area contributed by atoms with Crippen LogP contribution in [0.2, 0.25) is 0 Å². The van der Waals surface area contributed by atoms with E-state index in [1.165, 1.54) is 10.6 Å². The quantitative estimate of drug-likeness (QED) is 0.736. The molecule has 0 saturated carbocycles. The van der Waals surface area contributed by atoms with Crippen LogP contribution in [0.4, 0.5) is 11.5 Å². The Morgan fingerprint density at radius 2 is 1.93 bits per heavy atom. The number of aryl methyl sites for hydroxylation is 1. The number of hydrogen-bond acceptors (Lipinski definition) is 6. The first kappa shape index (κ1) is 17.7. The van der Waals surface area contributed by atoms with Gasteiger partial charge in [-0.05, 0) is 25.1 Å². The lowest BCUT2D eigenvalue weighted by molar-refractivity contribution is -0.131. The summed E-state index contributed by atoms with van der Waals surface area (Å²) in [5, 5.41) is 4.33. The van der Waals surface area contributed by atoms with Gasteiger partial charge >= 0.3 is 0 Å². The Balaban J connectivity index is 1.27. The average Bonchev–Trinajstić information content (AvgIpc) is 3.10. The molecule has 0 spiro atoms. The third-order valence-electron chi connectivity index (χ3n) is 4.84. The predicted octanol–water partition coefficient (Wildman–Crippen LogP) is 3.15. The van der Waals surface area contributed by atoms with E-state index in [-0.39, 0.29) is 5.91 Å². The Kier molecular flexibility index (Phi) is 5.20. The monoisotopic (exact) mass is 381 g/mol. The second-order valence-corrected chi connectivity index (χ2v) is 7.91. The van der Waals surface area contributed by atoms with Gasteiger partial charge in [-0.2, -0.15) is 0 Å². The van der Waals surface area contributed by atoms with Crippen LogP contribution in [0.1, 0.15) is 11.3 Å². The molecule has 0 atom stereocenters. The Morgan fingerprint density at radius 1 is 1.15 bits per heavy atom. The molecule has 0 radical (unpaired) electrons. The number of nitrogens with one attached hydrogen (secondary N) is 1. The van der Waals surface area contributed by atoms with Crippen molar-refractivity contribution >= 4 is 39.0 Å². The van der Waals surface area contributed by atoms with Gasteiger partial charge in [0.1, 0.15) is 17.0 Å². The molecule has 27 heavy (non-hydrogen) atoms. The number of anilines is 2. The van der Waals surface area contributed by atoms with Gasteiger partial charge in [0, 0.05) is 49.7 Å². The molecule has 7 heteroatoms. The topological polar surface area (TPSA) is 61.4 Å². The number of nitrogens with zero attached hydrogens (tertiary/aromatic N) is 4. The van der Waals surface area contributed by atoms with Gasteiger partial charge in [0.2, 0.25) is 5.91 Å². The third-order valence-corrected chi connectivity index (χ3v) is 5.80. The maximum absolute atomic E-state index is 12.5. The number of carbonyl (C=O) groups is 1. The number of fused-ring (bicyclic) bond motifs is 1. The highest BCUT2D eigenvalue weighted by Crippen LogP contribution is 2.27. The maximum atomic E-state index is 12.5. The molecule has 3 heterocycles. The Hall–Kier alpha value is -2.67. The molecule has 140 valence electrons. The van der Waals surface area contributed by atoms with Crippen LogP contribution in [-0.4, -0.2) is 53.5 Å². The lowest BCUT2D eigenvalue weighted by Gasteiger charge is -2.36. The molecule has 0 aliphatic carbocycles. The fraction of sp³-hybridized carbons (Fsp3) is 0.350. The van der Waals surface area contributed by atoms with Gasteiger partial charge < -0.3 is 15.1 Å². The number of carbonyl (C=O) groups excluding carboxylic acids is 1. The van der Waals surface area contributed by atoms with Crippen molar-refractivity contribution in [1.82, 2.24) is 14.9 Å². The molecule has 1 saturated heterocycles. The molecule has 0 bridgehead atoms. The van der Waals surface area contributed by atoms with E-state index in [2.05, 4.69) is 57.4 Å². The molecule has 6 nitrogen and oxygen atoms in total. The van der Waals surface area contributed by atoms with Gasteiger partial charge in [0.15, 0.2) is 0 Å². The van der Waals surface area contributed by atoms with E-state index in [4.69, 9.17) is 0 Å². The minimum atomic E-state index is 0.196. The Labute approximate surface area is 162 Å². The number of piperazine rings is 1. The van der Waals surface area contributed by atoms with Crippen molar-refractivity contribution < 1.29 is 4.79 Å². The van der Waals surface area contributed by atoms with Crippen molar-refractivity contribution in [2.45, 2.75) is 13.3 Å². The van der Waals surface area contributed by atoms with Crippen molar-refractivity contribution in [3.05, 3.63) is 47.6 Å². The van der Waals surface area contributed by atoms with Crippen molar-refractivity contribution in [3.63, 3.8) is 0 Å². The minimum absolute atomic E-state index is 0.196. The summed E-state index contributed by atoms with van der Waals surface area (Å²) in [5.74, 6) is 1.01. The normalized spacial score (nSPS) is 14.6. The highest BCUT2D eigenvalue weighted by Gasteiger charge is 2.21. The van der Waals surface area contributed by atoms with E-state index in [9.17, 15) is 4.79 Å². The van der Waals surface area contributed by atoms with Crippen LogP contribution < -0.4 is 10.2 Å². The van der Waals surface area contributed by atoms with E-state index >= 15 is 0 Å². The first-order valence-electron chi connectivity index (χ1n) is 9.23. The largest absolute Gasteiger partial charge is 0.369 e. The summed E-state index contributed by atoms with van der Waals surface area (Å²) in [6.07, 6.45) is 2.05. The van der Waals surface area contributed by atoms with Gasteiger partial charge in [-0.25, -0.2) is 9.97 Å². The van der Waals surface area contributed by atoms with Gasteiger partial charge in [-0.1, -0.05) is 18.2 Å². The molecule has 2 aromatic heterocycles. The summed E-state index contributed by atoms with van der Waals surface area (Å²) in [7, 11) is 0. The van der Waals surface area contributed by atoms with E-state index < -0.39 is 0 Å². The van der Waals surface area contributed by atoms with Crippen molar-refractivity contribution in [3.8, 4) is 0 Å². The van der Waals surface area contributed by atoms with Crippen LogP contribution in [0, 0.1) is 6.92 Å². The predicted molar refractivity (Wildman–Crippen MR) is 110 cm³/mol. The molecule has 1 aromatic carbocycles. The summed E-state index contributed by atoms with van der Waals surface area (Å²) in [4.78, 5) is 27.6. The number of hydrogen-bond donors (Lipinski definition) is 1. The SMILES string of the molecule is Cc1cc2c(NCCC(=O)N3CCN(c4ccccc4)CC3)ncnc2s1. The lowest BCUT2D eigenvalue weighted by Crippen LogP contribution is -2.49. The van der Waals surface area contributed by atoms with Gasteiger partial charge in [-0.15, -0.1) is 11.3 Å². The minimum Gasteiger partial charge on any atom is -0.369 e. The number of aromatic nitrogens is 2. The van der Waals surface area contributed by atoms with Crippen LogP contribution in [0.3, 0.4) is 0 Å². The molecule has 1 N–H and O–H groups in total. The zero-order chi connectivity index (χ0) is 18.6. The number of thiophene rings is 1. The average molecular weight is 382 g/mol. The standard InChI is InChI=1S/C20H23N5OS/c1-15-13-17-19(22-14-23-20(17)27-15)21-8-7-18(26)25-11-9-24(10-12-25)16-5-3-2-4-6-16/h2-6,13-14H,7-12H2,1H3,(H,21,22,23). The fourth-order valence-corrected chi connectivity index (χ4v) is 4.26. The molecule has 0 unspecified atom stereocenters. The van der Waals surface area contributed by atoms with E-state index in [1.54, 1.807) is 17.7 Å². The summed E-state index contributed by atoms with van der Waals surface area (Å²) >= 11 is 1.66. The highest BCUT2D eigenvalue weighted by molar-refractivity contribution is 7.18. The molecule has 4 rings (SSSR count). The summed E-state index contributed by atoms with van der Waals surface area (Å²) in [6.45, 7) is 5.95. The lowest BCUT2D eigenvalue weighted by atomic mass is 10.2. The van der Waals surface area contributed by atoms with Crippen molar-refractivity contribution in [2.24, 2.45) is 0 Å². The molecule has 3 aromatic rings. The highest BCUT2D eigenvalue weighted by atomic mass is 32.1. The smallest absolute Gasteiger partial charge is 0.224 e. The molecular weight excluding hydrogens is 358 g/mol. The first-order chi connectivity index (χ1) is 13.2. The molecule has 1 aliphatic heterocycles. The third kappa shape index (κ3) is 4.03. The zero-order valence-corrected chi connectivity index (χ0v) is 16.2. The van der Waals surface area contributed by atoms with Gasteiger partial charge in [0.25, 0.3) is 0 Å². The molecular formula is C20H23N5OS. The number of para-hydroxylation sites is 1. The second kappa shape index (κ2) is 7.92. The van der Waals surface area contributed by atoms with Gasteiger partial charge in [0.05, 0.1) is 5.39 Å². The van der Waals surface area contributed by atoms with E-state index in [0.717, 1.165) is 42.2 Å². The first-order valence-corrected chi connectivity index (χ1v) is 10.0. The van der Waals surface area contributed by atoms with E-state index in [0.29, 0.717) is 13.0 Å². The van der Waals surface area contributed by atoms with Crippen molar-refractivity contribution in [2.75, 3.05) is 42.9 Å². The summed E-state index contributed by atoms with van der Waals surface area (Å²) in [6, 6.07) is 12.5. The Morgan fingerprint density at radius 3 is 2.70 bits per heavy atom. The van der Waals surface area contributed by atoms with Crippen LogP contribution >= 0.6 is 11.3 Å². The van der Waals surface area contributed by atoms with Crippen LogP contribution in [0.5, 0.6) is 0 Å². The van der Waals surface area contributed by atoms with Crippen LogP contribution in [0.25, 0.3) is 10.2 Å². The number of benzene rings is 1. The number of amides is 1. The zero-order valence-electron chi connectivity index (χ0n) is 15.4. The molecule has 1 aliphatic rings. The maximum Gasteiger partial charge on any atom is 0.224 e. The second-order valence-electron chi connectivity index (χ2n) is 6.68. The summed E-state index contributed by atoms with van der Waals surface area (Å²) < 4.78 is 0. The fourth-order valence-electron chi connectivity index (χ4n) is 3.42. The summed E-state index contributed by atoms with van der Waals surface area (Å²) in [5.41, 5.74) is 1.23. The van der Waals surface area contributed by atoms with Gasteiger partial charge in [-0.3, -0.25) is 4.79 Å². The molecule has 1 amide bonds. The number of rotatable bonds is 5.